The van der Waals surface area contributed by atoms with Gasteiger partial charge in [-0.15, -0.1) is 0 Å². The third kappa shape index (κ3) is 5.89. The second-order valence-corrected chi connectivity index (χ2v) is 6.65. The maximum Gasteiger partial charge on any atom is 0.266 e. The summed E-state index contributed by atoms with van der Waals surface area (Å²) in [5, 5.41) is 7.65. The lowest BCUT2D eigenvalue weighted by Crippen LogP contribution is -2.31. The normalized spacial score (nSPS) is 10.6. The van der Waals surface area contributed by atoms with Crippen LogP contribution in [0, 0.1) is 5.82 Å². The molecular formula is C21H19ClFN3O3. The molecule has 3 aromatic rings. The molecule has 1 aromatic heterocycles. The number of hydrogen-bond acceptors (Lipinski definition) is 4. The van der Waals surface area contributed by atoms with Crippen molar-refractivity contribution in [3.8, 4) is 17.0 Å². The maximum absolute atomic E-state index is 13.4. The van der Waals surface area contributed by atoms with Crippen LogP contribution in [0.4, 0.5) is 4.39 Å². The number of para-hydroxylation sites is 1. The zero-order valence-corrected chi connectivity index (χ0v) is 16.2. The maximum atomic E-state index is 13.4. The minimum atomic E-state index is -0.522. The van der Waals surface area contributed by atoms with Gasteiger partial charge in [0.25, 0.3) is 11.5 Å². The minimum absolute atomic E-state index is 0.0254. The summed E-state index contributed by atoms with van der Waals surface area (Å²) < 4.78 is 19.9. The lowest BCUT2D eigenvalue weighted by molar-refractivity contribution is -0.123. The SMILES string of the molecule is O=C(COc1ccccc1F)NCCCn1nc(-c2ccc(Cl)cc2)ccc1=O. The number of carbonyl (C=O) groups excluding carboxylic acids is 1. The van der Waals surface area contributed by atoms with Crippen molar-refractivity contribution in [2.45, 2.75) is 13.0 Å². The van der Waals surface area contributed by atoms with Crippen LogP contribution >= 0.6 is 11.6 Å². The number of rotatable bonds is 8. The lowest BCUT2D eigenvalue weighted by atomic mass is 10.1. The molecule has 3 rings (SSSR count). The molecule has 0 saturated carbocycles. The molecule has 150 valence electrons. The van der Waals surface area contributed by atoms with Gasteiger partial charge in [0.15, 0.2) is 18.2 Å². The van der Waals surface area contributed by atoms with Crippen molar-refractivity contribution in [3.05, 3.63) is 81.9 Å². The van der Waals surface area contributed by atoms with E-state index in [1.807, 2.05) is 12.1 Å². The van der Waals surface area contributed by atoms with Gasteiger partial charge in [0.1, 0.15) is 0 Å². The van der Waals surface area contributed by atoms with Gasteiger partial charge in [0.2, 0.25) is 0 Å². The van der Waals surface area contributed by atoms with E-state index < -0.39 is 5.82 Å². The van der Waals surface area contributed by atoms with Crippen LogP contribution in [0.2, 0.25) is 5.02 Å². The number of nitrogens with one attached hydrogen (secondary N) is 1. The van der Waals surface area contributed by atoms with Crippen LogP contribution < -0.4 is 15.6 Å². The smallest absolute Gasteiger partial charge is 0.266 e. The van der Waals surface area contributed by atoms with Gasteiger partial charge in [-0.05, 0) is 36.8 Å². The Kier molecular flexibility index (Phi) is 6.97. The monoisotopic (exact) mass is 415 g/mol. The Morgan fingerprint density at radius 3 is 2.62 bits per heavy atom. The summed E-state index contributed by atoms with van der Waals surface area (Å²) >= 11 is 5.89. The molecule has 29 heavy (non-hydrogen) atoms. The molecule has 0 radical (unpaired) electrons. The highest BCUT2D eigenvalue weighted by molar-refractivity contribution is 6.30. The molecule has 0 aliphatic heterocycles. The first-order valence-electron chi connectivity index (χ1n) is 9.01. The van der Waals surface area contributed by atoms with Gasteiger partial charge in [0.05, 0.1) is 5.69 Å². The van der Waals surface area contributed by atoms with E-state index in [-0.39, 0.29) is 23.8 Å². The van der Waals surface area contributed by atoms with Crippen molar-refractivity contribution in [1.82, 2.24) is 15.1 Å². The summed E-state index contributed by atoms with van der Waals surface area (Å²) in [4.78, 5) is 23.8. The summed E-state index contributed by atoms with van der Waals surface area (Å²) in [5.41, 5.74) is 1.28. The van der Waals surface area contributed by atoms with Crippen molar-refractivity contribution >= 4 is 17.5 Å². The number of halogens is 2. The summed E-state index contributed by atoms with van der Waals surface area (Å²) in [6.45, 7) is 0.388. The molecule has 1 heterocycles. The van der Waals surface area contributed by atoms with Crippen LogP contribution in [0.5, 0.6) is 5.75 Å². The van der Waals surface area contributed by atoms with Crippen molar-refractivity contribution in [1.29, 1.82) is 0 Å². The fraction of sp³-hybridized carbons (Fsp3) is 0.190. The van der Waals surface area contributed by atoms with Crippen LogP contribution in [0.3, 0.4) is 0 Å². The molecule has 1 N–H and O–H groups in total. The average molecular weight is 416 g/mol. The van der Waals surface area contributed by atoms with E-state index in [0.29, 0.717) is 30.2 Å². The molecule has 0 spiro atoms. The Morgan fingerprint density at radius 1 is 1.10 bits per heavy atom. The molecule has 0 atom stereocenters. The molecule has 6 nitrogen and oxygen atoms in total. The second kappa shape index (κ2) is 9.84. The molecule has 0 bridgehead atoms. The van der Waals surface area contributed by atoms with Crippen molar-refractivity contribution in [3.63, 3.8) is 0 Å². The van der Waals surface area contributed by atoms with Crippen molar-refractivity contribution < 1.29 is 13.9 Å². The van der Waals surface area contributed by atoms with Crippen LogP contribution in [0.1, 0.15) is 6.42 Å². The molecule has 0 fully saturated rings. The van der Waals surface area contributed by atoms with E-state index in [1.165, 1.54) is 22.9 Å². The summed E-state index contributed by atoms with van der Waals surface area (Å²) in [7, 11) is 0. The third-order valence-corrected chi connectivity index (χ3v) is 4.32. The molecule has 0 unspecified atom stereocenters. The first-order valence-corrected chi connectivity index (χ1v) is 9.39. The molecular weight excluding hydrogens is 397 g/mol. The van der Waals surface area contributed by atoms with Gasteiger partial charge in [0, 0.05) is 29.7 Å². The van der Waals surface area contributed by atoms with Gasteiger partial charge >= 0.3 is 0 Å². The number of nitrogens with zero attached hydrogens (tertiary/aromatic N) is 2. The topological polar surface area (TPSA) is 73.2 Å². The van der Waals surface area contributed by atoms with E-state index in [0.717, 1.165) is 5.56 Å². The van der Waals surface area contributed by atoms with Gasteiger partial charge < -0.3 is 10.1 Å². The predicted octanol–water partition coefficient (Wildman–Crippen LogP) is 3.29. The molecule has 0 aliphatic carbocycles. The third-order valence-electron chi connectivity index (χ3n) is 4.07. The average Bonchev–Trinajstić information content (AvgIpc) is 2.72. The fourth-order valence-electron chi connectivity index (χ4n) is 2.60. The molecule has 2 aromatic carbocycles. The van der Waals surface area contributed by atoms with E-state index in [2.05, 4.69) is 10.4 Å². The minimum Gasteiger partial charge on any atom is -0.481 e. The second-order valence-electron chi connectivity index (χ2n) is 6.21. The Balaban J connectivity index is 1.48. The first-order chi connectivity index (χ1) is 14.0. The number of aromatic nitrogens is 2. The lowest BCUT2D eigenvalue weighted by Gasteiger charge is -2.09. The number of ether oxygens (including phenoxy) is 1. The molecule has 0 saturated heterocycles. The Labute approximate surface area is 171 Å². The molecule has 8 heteroatoms. The highest BCUT2D eigenvalue weighted by atomic mass is 35.5. The number of hydrogen-bond donors (Lipinski definition) is 1. The zero-order chi connectivity index (χ0) is 20.6. The molecule has 0 aliphatic rings. The predicted molar refractivity (Wildman–Crippen MR) is 108 cm³/mol. The number of aryl methyl sites for hydroxylation is 1. The number of amides is 1. The van der Waals surface area contributed by atoms with Gasteiger partial charge in [-0.3, -0.25) is 9.59 Å². The summed E-state index contributed by atoms with van der Waals surface area (Å²) in [6, 6.07) is 16.2. The van der Waals surface area contributed by atoms with Crippen LogP contribution in [0.25, 0.3) is 11.3 Å². The van der Waals surface area contributed by atoms with E-state index in [1.54, 1.807) is 30.3 Å². The number of carbonyl (C=O) groups is 1. The number of benzene rings is 2. The standard InChI is InChI=1S/C21H19ClFN3O3/c22-16-8-6-15(7-9-16)18-10-11-21(28)26(25-18)13-3-12-24-20(27)14-29-19-5-2-1-4-17(19)23/h1-2,4-11H,3,12-14H2,(H,24,27). The van der Waals surface area contributed by atoms with Gasteiger partial charge in [-0.25, -0.2) is 9.07 Å². The molecule has 1 amide bonds. The van der Waals surface area contributed by atoms with Gasteiger partial charge in [-0.1, -0.05) is 35.9 Å². The Bertz CT molecular complexity index is 1040. The quantitative estimate of drug-likeness (QED) is 0.573. The highest BCUT2D eigenvalue weighted by Gasteiger charge is 2.07. The van der Waals surface area contributed by atoms with Gasteiger partial charge in [-0.2, -0.15) is 5.10 Å². The van der Waals surface area contributed by atoms with Crippen LogP contribution in [-0.4, -0.2) is 28.8 Å². The van der Waals surface area contributed by atoms with Crippen LogP contribution in [-0.2, 0) is 11.3 Å². The first kappa shape index (κ1) is 20.5. The van der Waals surface area contributed by atoms with E-state index >= 15 is 0 Å². The van der Waals surface area contributed by atoms with E-state index in [4.69, 9.17) is 16.3 Å². The summed E-state index contributed by atoms with van der Waals surface area (Å²) in [6.07, 6.45) is 0.502. The fourth-order valence-corrected chi connectivity index (χ4v) is 2.72. The van der Waals surface area contributed by atoms with E-state index in [9.17, 15) is 14.0 Å². The highest BCUT2D eigenvalue weighted by Crippen LogP contribution is 2.18. The van der Waals surface area contributed by atoms with Crippen molar-refractivity contribution in [2.24, 2.45) is 0 Å². The Hall–Kier alpha value is -3.19. The Morgan fingerprint density at radius 2 is 1.86 bits per heavy atom. The van der Waals surface area contributed by atoms with Crippen LogP contribution in [0.15, 0.2) is 65.5 Å². The summed E-state index contributed by atoms with van der Waals surface area (Å²) in [5.74, 6) is -0.868. The zero-order valence-electron chi connectivity index (χ0n) is 15.5. The largest absolute Gasteiger partial charge is 0.481 e. The van der Waals surface area contributed by atoms with Crippen molar-refractivity contribution in [2.75, 3.05) is 13.2 Å².